The van der Waals surface area contributed by atoms with Crippen molar-refractivity contribution in [2.45, 2.75) is 30.6 Å². The first-order valence-corrected chi connectivity index (χ1v) is 11.8. The molecule has 0 unspecified atom stereocenters. The highest BCUT2D eigenvalue weighted by Crippen LogP contribution is 2.34. The highest BCUT2D eigenvalue weighted by Gasteiger charge is 2.34. The van der Waals surface area contributed by atoms with Gasteiger partial charge in [0, 0.05) is 20.0 Å². The SMILES string of the molecule is COc1ccc(S(=O)(=O)N2CCC[C@H](c3nnc(-c4ccccc4F)o3)C2)cc1NC(C)=O. The highest BCUT2D eigenvalue weighted by molar-refractivity contribution is 7.89. The minimum atomic E-state index is -3.86. The number of piperidine rings is 1. The van der Waals surface area contributed by atoms with Gasteiger partial charge >= 0.3 is 0 Å². The second kappa shape index (κ2) is 9.28. The lowest BCUT2D eigenvalue weighted by Gasteiger charge is -2.30. The predicted octanol–water partition coefficient (Wildman–Crippen LogP) is 3.41. The van der Waals surface area contributed by atoms with Gasteiger partial charge in [0.15, 0.2) is 0 Å². The largest absolute Gasteiger partial charge is 0.495 e. The first-order valence-electron chi connectivity index (χ1n) is 10.3. The van der Waals surface area contributed by atoms with Crippen molar-refractivity contribution in [1.82, 2.24) is 14.5 Å². The van der Waals surface area contributed by atoms with E-state index >= 15 is 0 Å². The van der Waals surface area contributed by atoms with Crippen molar-refractivity contribution < 1.29 is 26.8 Å². The van der Waals surface area contributed by atoms with Crippen molar-refractivity contribution in [2.24, 2.45) is 0 Å². The molecule has 0 saturated carbocycles. The molecule has 1 N–H and O–H groups in total. The third kappa shape index (κ3) is 4.74. The van der Waals surface area contributed by atoms with E-state index in [0.29, 0.717) is 25.1 Å². The second-order valence-electron chi connectivity index (χ2n) is 7.67. The maximum Gasteiger partial charge on any atom is 0.250 e. The van der Waals surface area contributed by atoms with Gasteiger partial charge in [0.2, 0.25) is 21.8 Å². The van der Waals surface area contributed by atoms with E-state index in [9.17, 15) is 17.6 Å². The lowest BCUT2D eigenvalue weighted by atomic mass is 10.00. The van der Waals surface area contributed by atoms with Crippen LogP contribution in [0.3, 0.4) is 0 Å². The van der Waals surface area contributed by atoms with Crippen molar-refractivity contribution >= 4 is 21.6 Å². The zero-order valence-electron chi connectivity index (χ0n) is 18.1. The van der Waals surface area contributed by atoms with Crippen LogP contribution in [0.4, 0.5) is 10.1 Å². The number of rotatable bonds is 6. The van der Waals surface area contributed by atoms with Gasteiger partial charge in [-0.05, 0) is 43.2 Å². The Balaban J connectivity index is 1.57. The molecule has 1 aliphatic rings. The minimum absolute atomic E-state index is 0.0327. The fraction of sp³-hybridized carbons (Fsp3) is 0.318. The molecular formula is C22H23FN4O5S. The molecule has 33 heavy (non-hydrogen) atoms. The number of carbonyl (C=O) groups is 1. The van der Waals surface area contributed by atoms with E-state index in [1.165, 1.54) is 42.6 Å². The van der Waals surface area contributed by atoms with E-state index < -0.39 is 15.8 Å². The normalized spacial score (nSPS) is 17.0. The molecule has 1 fully saturated rings. The highest BCUT2D eigenvalue weighted by atomic mass is 32.2. The molecule has 0 radical (unpaired) electrons. The van der Waals surface area contributed by atoms with E-state index in [0.717, 1.165) is 0 Å². The molecule has 1 aromatic heterocycles. The number of aromatic nitrogens is 2. The molecule has 9 nitrogen and oxygen atoms in total. The summed E-state index contributed by atoms with van der Waals surface area (Å²) in [6.45, 7) is 1.80. The van der Waals surface area contributed by atoms with Crippen molar-refractivity contribution in [3.63, 3.8) is 0 Å². The van der Waals surface area contributed by atoms with Crippen LogP contribution in [0.1, 0.15) is 31.6 Å². The maximum absolute atomic E-state index is 14.0. The molecule has 0 bridgehead atoms. The average molecular weight is 475 g/mol. The lowest BCUT2D eigenvalue weighted by Crippen LogP contribution is -2.39. The Kier molecular flexibility index (Phi) is 6.43. The smallest absolute Gasteiger partial charge is 0.250 e. The van der Waals surface area contributed by atoms with Gasteiger partial charge in [-0.15, -0.1) is 10.2 Å². The van der Waals surface area contributed by atoms with Crippen LogP contribution in [0.15, 0.2) is 51.8 Å². The van der Waals surface area contributed by atoms with Gasteiger partial charge in [0.25, 0.3) is 5.89 Å². The first-order chi connectivity index (χ1) is 15.8. The number of anilines is 1. The van der Waals surface area contributed by atoms with Gasteiger partial charge in [0.1, 0.15) is 11.6 Å². The standard InChI is InChI=1S/C22H23FN4O5S/c1-14(28)24-19-12-16(9-10-20(19)31-2)33(29,30)27-11-5-6-15(13-27)21-25-26-22(32-21)17-7-3-4-8-18(17)23/h3-4,7-10,12,15H,5-6,11,13H2,1-2H3,(H,24,28)/t15-/m0/s1. The number of ether oxygens (including phenoxy) is 1. The summed E-state index contributed by atoms with van der Waals surface area (Å²) in [5, 5.41) is 10.6. The van der Waals surface area contributed by atoms with Gasteiger partial charge in [-0.3, -0.25) is 4.79 Å². The maximum atomic E-state index is 14.0. The Morgan fingerprint density at radius 1 is 1.24 bits per heavy atom. The fourth-order valence-electron chi connectivity index (χ4n) is 3.79. The zero-order valence-corrected chi connectivity index (χ0v) is 18.9. The number of carbonyl (C=O) groups excluding carboxylic acids is 1. The molecule has 11 heteroatoms. The zero-order chi connectivity index (χ0) is 23.6. The molecule has 0 aliphatic carbocycles. The van der Waals surface area contributed by atoms with Gasteiger partial charge in [0.05, 0.1) is 29.2 Å². The number of nitrogens with zero attached hydrogens (tertiary/aromatic N) is 3. The number of hydrogen-bond acceptors (Lipinski definition) is 7. The van der Waals surface area contributed by atoms with Crippen molar-refractivity contribution in [3.8, 4) is 17.2 Å². The van der Waals surface area contributed by atoms with Crippen LogP contribution in [-0.2, 0) is 14.8 Å². The molecule has 1 amide bonds. The summed E-state index contributed by atoms with van der Waals surface area (Å²) in [7, 11) is -2.43. The molecule has 3 aromatic rings. The Morgan fingerprint density at radius 2 is 2.03 bits per heavy atom. The fourth-order valence-corrected chi connectivity index (χ4v) is 5.34. The molecule has 174 valence electrons. The summed E-state index contributed by atoms with van der Waals surface area (Å²) < 4.78 is 53.0. The third-order valence-electron chi connectivity index (χ3n) is 5.40. The molecule has 4 rings (SSSR count). The van der Waals surface area contributed by atoms with Crippen molar-refractivity contribution in [1.29, 1.82) is 0 Å². The molecular weight excluding hydrogens is 451 g/mol. The van der Waals surface area contributed by atoms with E-state index in [1.54, 1.807) is 18.2 Å². The predicted molar refractivity (Wildman–Crippen MR) is 118 cm³/mol. The summed E-state index contributed by atoms with van der Waals surface area (Å²) in [5.74, 6) is -0.472. The van der Waals surface area contributed by atoms with E-state index in [4.69, 9.17) is 9.15 Å². The molecule has 0 spiro atoms. The summed E-state index contributed by atoms with van der Waals surface area (Å²) in [4.78, 5) is 11.5. The number of benzene rings is 2. The van der Waals surface area contributed by atoms with Crippen LogP contribution in [0, 0.1) is 5.82 Å². The van der Waals surface area contributed by atoms with Crippen LogP contribution < -0.4 is 10.1 Å². The quantitative estimate of drug-likeness (QED) is 0.582. The van der Waals surface area contributed by atoms with E-state index in [-0.39, 0.29) is 46.3 Å². The van der Waals surface area contributed by atoms with Crippen LogP contribution in [0.5, 0.6) is 5.75 Å². The third-order valence-corrected chi connectivity index (χ3v) is 7.26. The number of methoxy groups -OCH3 is 1. The Morgan fingerprint density at radius 3 is 2.76 bits per heavy atom. The van der Waals surface area contributed by atoms with Gasteiger partial charge in [-0.25, -0.2) is 12.8 Å². The first kappa shape index (κ1) is 22.9. The summed E-state index contributed by atoms with van der Waals surface area (Å²) in [5.41, 5.74) is 0.464. The monoisotopic (exact) mass is 474 g/mol. The lowest BCUT2D eigenvalue weighted by molar-refractivity contribution is -0.114. The topological polar surface area (TPSA) is 115 Å². The molecule has 1 saturated heterocycles. The van der Waals surface area contributed by atoms with Gasteiger partial charge in [-0.1, -0.05) is 12.1 Å². The van der Waals surface area contributed by atoms with Gasteiger partial charge in [-0.2, -0.15) is 4.31 Å². The number of halogens is 1. The van der Waals surface area contributed by atoms with Crippen LogP contribution in [-0.4, -0.2) is 49.0 Å². The van der Waals surface area contributed by atoms with Gasteiger partial charge < -0.3 is 14.5 Å². The molecule has 1 atom stereocenters. The van der Waals surface area contributed by atoms with Crippen LogP contribution in [0.2, 0.25) is 0 Å². The molecule has 2 aromatic carbocycles. The van der Waals surface area contributed by atoms with E-state index in [2.05, 4.69) is 15.5 Å². The Labute approximate surface area is 190 Å². The summed E-state index contributed by atoms with van der Waals surface area (Å²) in [6.07, 6.45) is 1.25. The van der Waals surface area contributed by atoms with Crippen LogP contribution in [0.25, 0.3) is 11.5 Å². The molecule has 2 heterocycles. The van der Waals surface area contributed by atoms with Crippen molar-refractivity contribution in [3.05, 3.63) is 54.2 Å². The second-order valence-corrected chi connectivity index (χ2v) is 9.61. The summed E-state index contributed by atoms with van der Waals surface area (Å²) >= 11 is 0. The molecule has 1 aliphatic heterocycles. The average Bonchev–Trinajstić information content (AvgIpc) is 3.29. The van der Waals surface area contributed by atoms with Crippen molar-refractivity contribution in [2.75, 3.05) is 25.5 Å². The van der Waals surface area contributed by atoms with Crippen LogP contribution >= 0.6 is 0 Å². The van der Waals surface area contributed by atoms with E-state index in [1.807, 2.05) is 0 Å². The Hall–Kier alpha value is -3.31. The number of hydrogen-bond donors (Lipinski definition) is 1. The number of nitrogens with one attached hydrogen (secondary N) is 1. The minimum Gasteiger partial charge on any atom is -0.495 e. The summed E-state index contributed by atoms with van der Waals surface area (Å²) in [6, 6.07) is 10.4. The number of amides is 1. The number of sulfonamides is 1. The Bertz CT molecular complexity index is 1280.